The molecule has 104 valence electrons. The zero-order chi connectivity index (χ0) is 14.5. The fourth-order valence-corrected chi connectivity index (χ4v) is 1.53. The number of methoxy groups -OCH3 is 1. The normalized spacial score (nSPS) is 9.90. The molecule has 20 heavy (non-hydrogen) atoms. The number of aromatic nitrogens is 1. The van der Waals surface area contributed by atoms with Crippen LogP contribution in [0.25, 0.3) is 0 Å². The number of ether oxygens (including phenoxy) is 1. The molecule has 0 saturated heterocycles. The highest BCUT2D eigenvalue weighted by Gasteiger charge is 2.13. The van der Waals surface area contributed by atoms with Gasteiger partial charge in [0.05, 0.1) is 13.2 Å². The van der Waals surface area contributed by atoms with Crippen LogP contribution < -0.4 is 15.4 Å². The van der Waals surface area contributed by atoms with Gasteiger partial charge >= 0.3 is 0 Å². The lowest BCUT2D eigenvalue weighted by Gasteiger charge is -2.06. The second-order valence-electron chi connectivity index (χ2n) is 3.95. The van der Waals surface area contributed by atoms with Gasteiger partial charge in [-0.2, -0.15) is 0 Å². The number of hydrogen-bond acceptors (Lipinski definition) is 5. The number of carbonyl (C=O) groups excluding carboxylic acids is 2. The predicted octanol–water partition coefficient (Wildman–Crippen LogP) is 1.89. The maximum atomic E-state index is 11.9. The first-order valence-electron chi connectivity index (χ1n) is 5.78. The van der Waals surface area contributed by atoms with Gasteiger partial charge in [0.1, 0.15) is 0 Å². The van der Waals surface area contributed by atoms with Crippen molar-refractivity contribution in [3.63, 3.8) is 0 Å². The molecule has 1 aromatic heterocycles. The van der Waals surface area contributed by atoms with Gasteiger partial charge in [-0.1, -0.05) is 6.07 Å². The monoisotopic (exact) mass is 275 g/mol. The topological polar surface area (TPSA) is 93.5 Å². The summed E-state index contributed by atoms with van der Waals surface area (Å²) >= 11 is 0. The number of nitrogens with zero attached hydrogens (tertiary/aromatic N) is 1. The number of benzene rings is 1. The maximum Gasteiger partial charge on any atom is 0.294 e. The Morgan fingerprint density at radius 3 is 2.50 bits per heavy atom. The maximum absolute atomic E-state index is 11.9. The Labute approximate surface area is 114 Å². The molecule has 2 rings (SSSR count). The SMILES string of the molecule is COc1cc(C(=O)Nc2cccc(NC(C)=O)c2)on1. The van der Waals surface area contributed by atoms with Crippen LogP contribution >= 0.6 is 0 Å². The zero-order valence-electron chi connectivity index (χ0n) is 11.0. The van der Waals surface area contributed by atoms with Crippen LogP contribution in [0.1, 0.15) is 17.5 Å². The number of amides is 2. The van der Waals surface area contributed by atoms with Gasteiger partial charge in [-0.05, 0) is 23.4 Å². The van der Waals surface area contributed by atoms with E-state index in [1.54, 1.807) is 24.3 Å². The average molecular weight is 275 g/mol. The molecule has 1 heterocycles. The number of anilines is 2. The minimum Gasteiger partial charge on any atom is -0.479 e. The second-order valence-corrected chi connectivity index (χ2v) is 3.95. The molecule has 1 aromatic carbocycles. The van der Waals surface area contributed by atoms with Crippen LogP contribution in [0.3, 0.4) is 0 Å². The Hall–Kier alpha value is -2.83. The van der Waals surface area contributed by atoms with Crippen molar-refractivity contribution in [2.75, 3.05) is 17.7 Å². The Bertz CT molecular complexity index is 636. The van der Waals surface area contributed by atoms with Crippen molar-refractivity contribution in [2.24, 2.45) is 0 Å². The molecule has 0 atom stereocenters. The van der Waals surface area contributed by atoms with Crippen molar-refractivity contribution >= 4 is 23.2 Å². The lowest BCUT2D eigenvalue weighted by molar-refractivity contribution is -0.114. The van der Waals surface area contributed by atoms with Crippen molar-refractivity contribution < 1.29 is 18.8 Å². The lowest BCUT2D eigenvalue weighted by atomic mass is 10.2. The summed E-state index contributed by atoms with van der Waals surface area (Å²) in [6, 6.07) is 8.13. The molecule has 2 N–H and O–H groups in total. The van der Waals surface area contributed by atoms with Crippen molar-refractivity contribution in [3.05, 3.63) is 36.1 Å². The van der Waals surface area contributed by atoms with E-state index in [4.69, 9.17) is 9.26 Å². The van der Waals surface area contributed by atoms with Crippen LogP contribution in [0.15, 0.2) is 34.9 Å². The standard InChI is InChI=1S/C13H13N3O4/c1-8(17)14-9-4-3-5-10(6-9)15-13(18)11-7-12(19-2)16-20-11/h3-7H,1-2H3,(H,14,17)(H,15,18). The van der Waals surface area contributed by atoms with Crippen LogP contribution in [-0.4, -0.2) is 24.1 Å². The largest absolute Gasteiger partial charge is 0.479 e. The molecule has 2 amide bonds. The average Bonchev–Trinajstić information content (AvgIpc) is 2.87. The van der Waals surface area contributed by atoms with Crippen molar-refractivity contribution in [2.45, 2.75) is 6.92 Å². The lowest BCUT2D eigenvalue weighted by Crippen LogP contribution is -2.11. The molecule has 0 radical (unpaired) electrons. The number of carbonyl (C=O) groups is 2. The molecule has 2 aromatic rings. The van der Waals surface area contributed by atoms with Gasteiger partial charge in [-0.3, -0.25) is 9.59 Å². The summed E-state index contributed by atoms with van der Waals surface area (Å²) in [4.78, 5) is 22.9. The van der Waals surface area contributed by atoms with Crippen LogP contribution in [-0.2, 0) is 4.79 Å². The summed E-state index contributed by atoms with van der Waals surface area (Å²) in [5.74, 6) is -0.386. The van der Waals surface area contributed by atoms with E-state index in [2.05, 4.69) is 15.8 Å². The molecular formula is C13H13N3O4. The highest BCUT2D eigenvalue weighted by molar-refractivity contribution is 6.02. The number of nitrogens with one attached hydrogen (secondary N) is 2. The zero-order valence-corrected chi connectivity index (χ0v) is 11.0. The minimum atomic E-state index is -0.458. The predicted molar refractivity (Wildman–Crippen MR) is 71.8 cm³/mol. The first-order valence-corrected chi connectivity index (χ1v) is 5.78. The van der Waals surface area contributed by atoms with Gasteiger partial charge in [0.2, 0.25) is 11.7 Å². The van der Waals surface area contributed by atoms with Crippen molar-refractivity contribution in [3.8, 4) is 5.88 Å². The van der Waals surface area contributed by atoms with Gasteiger partial charge < -0.3 is 19.9 Å². The second kappa shape index (κ2) is 5.87. The fraction of sp³-hybridized carbons (Fsp3) is 0.154. The van der Waals surface area contributed by atoms with E-state index in [1.807, 2.05) is 0 Å². The van der Waals surface area contributed by atoms with Crippen LogP contribution in [0.4, 0.5) is 11.4 Å². The van der Waals surface area contributed by atoms with Crippen LogP contribution in [0.5, 0.6) is 5.88 Å². The van der Waals surface area contributed by atoms with E-state index in [1.165, 1.54) is 20.1 Å². The molecule has 0 aliphatic heterocycles. The van der Waals surface area contributed by atoms with Crippen molar-refractivity contribution in [1.29, 1.82) is 0 Å². The van der Waals surface area contributed by atoms with Gasteiger partial charge in [-0.25, -0.2) is 0 Å². The smallest absolute Gasteiger partial charge is 0.294 e. The highest BCUT2D eigenvalue weighted by atomic mass is 16.5. The van der Waals surface area contributed by atoms with Gasteiger partial charge in [0, 0.05) is 18.3 Å². The van der Waals surface area contributed by atoms with E-state index < -0.39 is 5.91 Å². The quantitative estimate of drug-likeness (QED) is 0.888. The third kappa shape index (κ3) is 3.35. The Morgan fingerprint density at radius 2 is 1.90 bits per heavy atom. The molecule has 0 bridgehead atoms. The van der Waals surface area contributed by atoms with E-state index in [0.717, 1.165) is 0 Å². The summed E-state index contributed by atoms with van der Waals surface area (Å²) < 4.78 is 9.65. The molecule has 0 aliphatic carbocycles. The minimum absolute atomic E-state index is 0.0341. The molecule has 0 fully saturated rings. The summed E-state index contributed by atoms with van der Waals surface area (Å²) in [7, 11) is 1.43. The van der Waals surface area contributed by atoms with Crippen molar-refractivity contribution in [1.82, 2.24) is 5.16 Å². The molecule has 0 saturated carbocycles. The molecule has 7 heteroatoms. The third-order valence-electron chi connectivity index (χ3n) is 2.36. The molecule has 0 spiro atoms. The van der Waals surface area contributed by atoms with Gasteiger partial charge in [-0.15, -0.1) is 0 Å². The molecule has 7 nitrogen and oxygen atoms in total. The Kier molecular flexibility index (Phi) is 3.99. The van der Waals surface area contributed by atoms with Gasteiger partial charge in [0.25, 0.3) is 11.8 Å². The first-order chi connectivity index (χ1) is 9.58. The summed E-state index contributed by atoms with van der Waals surface area (Å²) in [6.07, 6.45) is 0. The fourth-order valence-electron chi connectivity index (χ4n) is 1.53. The molecule has 0 unspecified atom stereocenters. The van der Waals surface area contributed by atoms with Crippen LogP contribution in [0, 0.1) is 0 Å². The Morgan fingerprint density at radius 1 is 1.20 bits per heavy atom. The summed E-state index contributed by atoms with van der Waals surface area (Å²) in [5.41, 5.74) is 1.11. The first kappa shape index (κ1) is 13.6. The molecule has 0 aliphatic rings. The number of hydrogen-bond donors (Lipinski definition) is 2. The highest BCUT2D eigenvalue weighted by Crippen LogP contribution is 2.17. The summed E-state index contributed by atoms with van der Waals surface area (Å²) in [5, 5.41) is 8.79. The van der Waals surface area contributed by atoms with Crippen LogP contribution in [0.2, 0.25) is 0 Å². The molecular weight excluding hydrogens is 262 g/mol. The van der Waals surface area contributed by atoms with E-state index >= 15 is 0 Å². The van der Waals surface area contributed by atoms with Gasteiger partial charge in [0.15, 0.2) is 0 Å². The number of rotatable bonds is 4. The Balaban J connectivity index is 2.09. The van der Waals surface area contributed by atoms with E-state index in [0.29, 0.717) is 11.4 Å². The van der Waals surface area contributed by atoms with E-state index in [-0.39, 0.29) is 17.5 Å². The van der Waals surface area contributed by atoms with E-state index in [9.17, 15) is 9.59 Å². The summed E-state index contributed by atoms with van der Waals surface area (Å²) in [6.45, 7) is 1.41. The third-order valence-corrected chi connectivity index (χ3v) is 2.36.